The van der Waals surface area contributed by atoms with E-state index < -0.39 is 0 Å². The number of aromatic nitrogens is 4. The summed E-state index contributed by atoms with van der Waals surface area (Å²) >= 11 is 1.33. The van der Waals surface area contributed by atoms with Crippen LogP contribution < -0.4 is 5.32 Å². The van der Waals surface area contributed by atoms with E-state index in [1.54, 1.807) is 4.68 Å². The highest BCUT2D eigenvalue weighted by atomic mass is 32.2. The first-order valence-corrected chi connectivity index (χ1v) is 9.75. The zero-order chi connectivity index (χ0) is 19.4. The minimum atomic E-state index is -0.347. The third-order valence-electron chi connectivity index (χ3n) is 4.21. The number of aryl methyl sites for hydroxylation is 1. The molecule has 1 amide bonds. The summed E-state index contributed by atoms with van der Waals surface area (Å²) in [6.45, 7) is 8.10. The number of anilines is 1. The van der Waals surface area contributed by atoms with Gasteiger partial charge in [0.1, 0.15) is 0 Å². The van der Waals surface area contributed by atoms with Crippen molar-refractivity contribution in [3.05, 3.63) is 59.7 Å². The second-order valence-corrected chi connectivity index (χ2v) is 8.01. The van der Waals surface area contributed by atoms with E-state index in [-0.39, 0.29) is 11.2 Å². The largest absolute Gasteiger partial charge is 0.325 e. The van der Waals surface area contributed by atoms with Gasteiger partial charge >= 0.3 is 0 Å². The molecule has 0 fully saturated rings. The number of hydrogen-bond acceptors (Lipinski definition) is 5. The van der Waals surface area contributed by atoms with Crippen LogP contribution in [0.4, 0.5) is 5.69 Å². The van der Waals surface area contributed by atoms with E-state index in [1.807, 2.05) is 62.4 Å². The smallest absolute Gasteiger partial charge is 0.237 e. The molecule has 0 aliphatic heterocycles. The molecule has 1 heterocycles. The summed E-state index contributed by atoms with van der Waals surface area (Å²) in [5.74, 6) is 0.254. The lowest BCUT2D eigenvalue weighted by Crippen LogP contribution is -2.23. The Morgan fingerprint density at radius 1 is 1.07 bits per heavy atom. The van der Waals surface area contributed by atoms with Crippen LogP contribution >= 0.6 is 11.8 Å². The second-order valence-electron chi connectivity index (χ2n) is 6.70. The van der Waals surface area contributed by atoms with Crippen molar-refractivity contribution < 1.29 is 4.79 Å². The van der Waals surface area contributed by atoms with Gasteiger partial charge in [-0.1, -0.05) is 61.5 Å². The number of para-hydroxylation sites is 1. The Morgan fingerprint density at radius 3 is 2.48 bits per heavy atom. The van der Waals surface area contributed by atoms with Gasteiger partial charge in [-0.15, -0.1) is 5.10 Å². The normalized spacial score (nSPS) is 12.2. The van der Waals surface area contributed by atoms with E-state index in [2.05, 4.69) is 34.7 Å². The van der Waals surface area contributed by atoms with Crippen molar-refractivity contribution in [2.45, 2.75) is 44.0 Å². The van der Waals surface area contributed by atoms with Crippen molar-refractivity contribution >= 4 is 23.4 Å². The fourth-order valence-corrected chi connectivity index (χ4v) is 3.47. The maximum atomic E-state index is 12.7. The number of nitrogens with one attached hydrogen (secondary N) is 1. The molecule has 0 saturated heterocycles. The third kappa shape index (κ3) is 4.54. The molecule has 0 aliphatic carbocycles. The monoisotopic (exact) mass is 381 g/mol. The van der Waals surface area contributed by atoms with E-state index >= 15 is 0 Å². The average Bonchev–Trinajstić information content (AvgIpc) is 3.10. The summed E-state index contributed by atoms with van der Waals surface area (Å²) in [7, 11) is 0. The highest BCUT2D eigenvalue weighted by Gasteiger charge is 2.20. The molecule has 0 bridgehead atoms. The Kier molecular flexibility index (Phi) is 5.91. The summed E-state index contributed by atoms with van der Waals surface area (Å²) in [6.07, 6.45) is 0. The SMILES string of the molecule is Cc1ccc(-n2nnnc2S[C@@H](C)C(=O)Nc2ccccc2C(C)C)cc1. The van der Waals surface area contributed by atoms with Gasteiger partial charge in [-0.3, -0.25) is 4.79 Å². The predicted molar refractivity (Wildman–Crippen MR) is 108 cm³/mol. The molecule has 6 nitrogen and oxygen atoms in total. The first-order valence-electron chi connectivity index (χ1n) is 8.87. The summed E-state index contributed by atoms with van der Waals surface area (Å²) in [6, 6.07) is 15.8. The van der Waals surface area contributed by atoms with Gasteiger partial charge in [0.25, 0.3) is 0 Å². The van der Waals surface area contributed by atoms with Crippen LogP contribution in [-0.2, 0) is 4.79 Å². The maximum absolute atomic E-state index is 12.7. The predicted octanol–water partition coefficient (Wildman–Crippen LogP) is 4.21. The molecule has 7 heteroatoms. The van der Waals surface area contributed by atoms with E-state index in [9.17, 15) is 4.79 Å². The number of carbonyl (C=O) groups excluding carboxylic acids is 1. The molecule has 0 aliphatic rings. The first-order chi connectivity index (χ1) is 13.0. The molecule has 3 aromatic rings. The molecule has 2 aromatic carbocycles. The number of nitrogens with zero attached hydrogens (tertiary/aromatic N) is 4. The minimum Gasteiger partial charge on any atom is -0.325 e. The molecular weight excluding hydrogens is 358 g/mol. The lowest BCUT2D eigenvalue weighted by atomic mass is 10.0. The Bertz CT molecular complexity index is 920. The zero-order valence-corrected chi connectivity index (χ0v) is 16.7. The number of thioether (sulfide) groups is 1. The average molecular weight is 382 g/mol. The topological polar surface area (TPSA) is 72.7 Å². The minimum absolute atomic E-state index is 0.0773. The summed E-state index contributed by atoms with van der Waals surface area (Å²) in [5, 5.41) is 15.2. The number of benzene rings is 2. The Balaban J connectivity index is 1.73. The van der Waals surface area contributed by atoms with Crippen molar-refractivity contribution in [1.82, 2.24) is 20.2 Å². The second kappa shape index (κ2) is 8.35. The Morgan fingerprint density at radius 2 is 1.78 bits per heavy atom. The lowest BCUT2D eigenvalue weighted by Gasteiger charge is -2.16. The Hall–Kier alpha value is -2.67. The number of hydrogen-bond donors (Lipinski definition) is 1. The molecule has 3 rings (SSSR count). The number of rotatable bonds is 6. The van der Waals surface area contributed by atoms with Crippen LogP contribution in [0.25, 0.3) is 5.69 Å². The van der Waals surface area contributed by atoms with Crippen LogP contribution in [0.5, 0.6) is 0 Å². The van der Waals surface area contributed by atoms with Crippen LogP contribution in [0.2, 0.25) is 0 Å². The van der Waals surface area contributed by atoms with Gasteiger partial charge in [0, 0.05) is 5.69 Å². The summed E-state index contributed by atoms with van der Waals surface area (Å²) < 4.78 is 1.65. The Labute approximate surface area is 163 Å². The van der Waals surface area contributed by atoms with E-state index in [0.29, 0.717) is 11.1 Å². The molecule has 0 radical (unpaired) electrons. The summed E-state index contributed by atoms with van der Waals surface area (Å²) in [5.41, 5.74) is 4.00. The van der Waals surface area contributed by atoms with Gasteiger partial charge < -0.3 is 5.32 Å². The highest BCUT2D eigenvalue weighted by molar-refractivity contribution is 8.00. The van der Waals surface area contributed by atoms with Gasteiger partial charge in [0.05, 0.1) is 10.9 Å². The standard InChI is InChI=1S/C20H23N5OS/c1-13(2)17-7-5-6-8-18(17)21-19(26)15(4)27-20-22-23-24-25(20)16-11-9-14(3)10-12-16/h5-13,15H,1-4H3,(H,21,26)/t15-/m0/s1. The molecule has 0 spiro atoms. The maximum Gasteiger partial charge on any atom is 0.237 e. The summed E-state index contributed by atoms with van der Waals surface area (Å²) in [4.78, 5) is 12.7. The van der Waals surface area contributed by atoms with Crippen molar-refractivity contribution in [3.8, 4) is 5.69 Å². The van der Waals surface area contributed by atoms with Crippen LogP contribution in [0.3, 0.4) is 0 Å². The molecule has 27 heavy (non-hydrogen) atoms. The van der Waals surface area contributed by atoms with Gasteiger partial charge in [-0.25, -0.2) is 0 Å². The molecule has 1 atom stereocenters. The van der Waals surface area contributed by atoms with Crippen molar-refractivity contribution in [2.75, 3.05) is 5.32 Å². The van der Waals surface area contributed by atoms with E-state index in [4.69, 9.17) is 0 Å². The fraction of sp³-hybridized carbons (Fsp3) is 0.300. The molecular formula is C20H23N5OS. The van der Waals surface area contributed by atoms with Crippen molar-refractivity contribution in [1.29, 1.82) is 0 Å². The van der Waals surface area contributed by atoms with Gasteiger partial charge in [-0.2, -0.15) is 4.68 Å². The lowest BCUT2D eigenvalue weighted by molar-refractivity contribution is -0.115. The van der Waals surface area contributed by atoms with Crippen molar-refractivity contribution in [3.63, 3.8) is 0 Å². The highest BCUT2D eigenvalue weighted by Crippen LogP contribution is 2.27. The van der Waals surface area contributed by atoms with Crippen LogP contribution in [0.15, 0.2) is 53.7 Å². The molecule has 140 valence electrons. The molecule has 0 unspecified atom stereocenters. The van der Waals surface area contributed by atoms with E-state index in [1.165, 1.54) is 11.8 Å². The zero-order valence-electron chi connectivity index (χ0n) is 15.9. The van der Waals surface area contributed by atoms with Crippen LogP contribution in [0, 0.1) is 6.92 Å². The van der Waals surface area contributed by atoms with Gasteiger partial charge in [0.15, 0.2) is 0 Å². The first kappa shape index (κ1) is 19.1. The van der Waals surface area contributed by atoms with Crippen molar-refractivity contribution in [2.24, 2.45) is 0 Å². The number of tetrazole rings is 1. The van der Waals surface area contributed by atoms with Crippen LogP contribution in [0.1, 0.15) is 37.8 Å². The number of carbonyl (C=O) groups is 1. The van der Waals surface area contributed by atoms with Gasteiger partial charge in [-0.05, 0) is 54.0 Å². The van der Waals surface area contributed by atoms with E-state index in [0.717, 1.165) is 22.5 Å². The third-order valence-corrected chi connectivity index (χ3v) is 5.24. The number of amides is 1. The molecule has 1 N–H and O–H groups in total. The molecule has 0 saturated carbocycles. The van der Waals surface area contributed by atoms with Crippen LogP contribution in [-0.4, -0.2) is 31.4 Å². The van der Waals surface area contributed by atoms with Gasteiger partial charge in [0.2, 0.25) is 11.1 Å². The molecule has 1 aromatic heterocycles. The quantitative estimate of drug-likeness (QED) is 0.648. The fourth-order valence-electron chi connectivity index (χ4n) is 2.66.